The number of rotatable bonds is 30. The van der Waals surface area contributed by atoms with Gasteiger partial charge in [-0.3, -0.25) is 43.2 Å². The van der Waals surface area contributed by atoms with Crippen molar-refractivity contribution in [3.8, 4) is 0 Å². The average Bonchev–Trinajstić information content (AvgIpc) is 3.37. The first-order chi connectivity index (χ1) is 35.5. The van der Waals surface area contributed by atoms with Gasteiger partial charge in [0.2, 0.25) is 53.2 Å². The van der Waals surface area contributed by atoms with Gasteiger partial charge >= 0.3 is 5.97 Å². The van der Waals surface area contributed by atoms with Crippen LogP contribution in [0.3, 0.4) is 0 Å². The highest BCUT2D eigenvalue weighted by Crippen LogP contribution is 2.18. The van der Waals surface area contributed by atoms with E-state index in [-0.39, 0.29) is 49.3 Å². The van der Waals surface area contributed by atoms with Gasteiger partial charge in [0.1, 0.15) is 48.3 Å². The molecule has 76 heavy (non-hydrogen) atoms. The Labute approximate surface area is 449 Å². The largest absolute Gasteiger partial charge is 0.480 e. The smallest absolute Gasteiger partial charge is 0.326 e. The van der Waals surface area contributed by atoms with Crippen molar-refractivity contribution >= 4 is 59.1 Å². The zero-order valence-electron chi connectivity index (χ0n) is 47.3. The number of nitrogens with one attached hydrogen (secondary N) is 6. The Bertz CT molecular complexity index is 2280. The van der Waals surface area contributed by atoms with Crippen molar-refractivity contribution in [3.05, 3.63) is 71.8 Å². The molecule has 0 saturated heterocycles. The van der Waals surface area contributed by atoms with Crippen molar-refractivity contribution in [2.75, 3.05) is 41.8 Å². The lowest BCUT2D eigenvalue weighted by Crippen LogP contribution is -2.59. The predicted octanol–water partition coefficient (Wildman–Crippen LogP) is 1.73. The molecule has 21 nitrogen and oxygen atoms in total. The van der Waals surface area contributed by atoms with Crippen molar-refractivity contribution in [2.24, 2.45) is 17.8 Å². The number of aliphatic carboxylic acids is 1. The standard InChI is InChI=1S/C55H86N10O11/c1-32(2)26-41(52(72)62(12)37(9)50(70)61-43(55(75)76)29-39-22-18-16-19-23-39)60-49(69)38(10)63(13)54(74)45(30-40-24-20-17-21-25-40)64(14)46(66)31-57-47(67)36(8)58-51(71)44(28-34(5)6)65(15)53(73)42(27-33(3)4)59-48(68)35(7)56-11/h16-25,32-38,41-45,56H,26-31H2,1-15H3,(H,57,67)(H,58,71)(H,59,68)(H,60,69)(H,61,70)(H,75,76)/t35-,36-,37-,38-,41-,42-,43-,44-,45-/m0/s1. The van der Waals surface area contributed by atoms with Crippen LogP contribution in [0, 0.1) is 17.8 Å². The van der Waals surface area contributed by atoms with E-state index in [1.165, 1.54) is 58.8 Å². The number of hydrogen-bond acceptors (Lipinski definition) is 11. The van der Waals surface area contributed by atoms with E-state index in [1.54, 1.807) is 74.6 Å². The Morgan fingerprint density at radius 1 is 0.447 bits per heavy atom. The molecule has 0 heterocycles. The maximum atomic E-state index is 14.5. The summed E-state index contributed by atoms with van der Waals surface area (Å²) >= 11 is 0. The maximum absolute atomic E-state index is 14.5. The van der Waals surface area contributed by atoms with Gasteiger partial charge in [0.05, 0.1) is 12.6 Å². The minimum absolute atomic E-state index is 0.0152. The van der Waals surface area contributed by atoms with Crippen LogP contribution in [0.5, 0.6) is 0 Å². The predicted molar refractivity (Wildman–Crippen MR) is 289 cm³/mol. The van der Waals surface area contributed by atoms with Crippen LogP contribution in [-0.2, 0) is 60.8 Å². The molecule has 2 aromatic rings. The van der Waals surface area contributed by atoms with Crippen molar-refractivity contribution in [1.82, 2.24) is 51.5 Å². The molecular weight excluding hydrogens is 977 g/mol. The van der Waals surface area contributed by atoms with E-state index in [9.17, 15) is 53.1 Å². The molecule has 0 unspecified atom stereocenters. The summed E-state index contributed by atoms with van der Waals surface area (Å²) in [5.74, 6) is -6.86. The molecule has 0 bridgehead atoms. The summed E-state index contributed by atoms with van der Waals surface area (Å²) in [6, 6.07) is 8.08. The summed E-state index contributed by atoms with van der Waals surface area (Å²) in [6.07, 6.45) is 0.765. The second-order valence-corrected chi connectivity index (χ2v) is 21.0. The lowest BCUT2D eigenvalue weighted by Gasteiger charge is -2.34. The van der Waals surface area contributed by atoms with Crippen LogP contribution >= 0.6 is 0 Å². The van der Waals surface area contributed by atoms with Gasteiger partial charge < -0.3 is 56.6 Å². The molecule has 2 aromatic carbocycles. The molecule has 9 amide bonds. The zero-order valence-corrected chi connectivity index (χ0v) is 47.3. The number of carbonyl (C=O) groups is 10. The van der Waals surface area contributed by atoms with Crippen molar-refractivity contribution < 1.29 is 53.1 Å². The summed E-state index contributed by atoms with van der Waals surface area (Å²) in [4.78, 5) is 141. The third-order valence-corrected chi connectivity index (χ3v) is 13.4. The monoisotopic (exact) mass is 1060 g/mol. The highest BCUT2D eigenvalue weighted by molar-refractivity contribution is 5.97. The van der Waals surface area contributed by atoms with Gasteiger partial charge in [-0.05, 0) is 82.9 Å². The first-order valence-electron chi connectivity index (χ1n) is 26.0. The molecular formula is C55H86N10O11. The molecule has 0 spiro atoms. The molecule has 0 fully saturated rings. The minimum atomic E-state index is -1.27. The molecule has 21 heteroatoms. The van der Waals surface area contributed by atoms with Crippen LogP contribution in [0.4, 0.5) is 0 Å². The summed E-state index contributed by atoms with van der Waals surface area (Å²) in [7, 11) is 7.28. The van der Waals surface area contributed by atoms with Crippen LogP contribution in [0.1, 0.15) is 99.6 Å². The van der Waals surface area contributed by atoms with E-state index in [1.807, 2.05) is 41.5 Å². The molecule has 2 rings (SSSR count). The fourth-order valence-electron chi connectivity index (χ4n) is 8.17. The fraction of sp³-hybridized carbons (Fsp3) is 0.600. The quantitative estimate of drug-likeness (QED) is 0.0590. The Kier molecular flexibility index (Phi) is 26.8. The van der Waals surface area contributed by atoms with Crippen LogP contribution in [0.25, 0.3) is 0 Å². The number of likely N-dealkylation sites (N-methyl/N-ethyl adjacent to an activating group) is 5. The van der Waals surface area contributed by atoms with Gasteiger partial charge in [0, 0.05) is 41.0 Å². The number of amides is 9. The van der Waals surface area contributed by atoms with Crippen LogP contribution in [0.15, 0.2) is 60.7 Å². The van der Waals surface area contributed by atoms with E-state index in [0.29, 0.717) is 17.5 Å². The van der Waals surface area contributed by atoms with Crippen molar-refractivity contribution in [1.29, 1.82) is 0 Å². The molecule has 7 N–H and O–H groups in total. The van der Waals surface area contributed by atoms with Crippen molar-refractivity contribution in [2.45, 2.75) is 156 Å². The zero-order chi connectivity index (χ0) is 57.7. The highest BCUT2D eigenvalue weighted by atomic mass is 16.4. The molecule has 0 aliphatic heterocycles. The molecule has 0 saturated carbocycles. The highest BCUT2D eigenvalue weighted by Gasteiger charge is 2.38. The number of carboxylic acids is 1. The third kappa shape index (κ3) is 20.3. The van der Waals surface area contributed by atoms with E-state index in [2.05, 4.69) is 31.9 Å². The van der Waals surface area contributed by atoms with Gasteiger partial charge in [0.15, 0.2) is 0 Å². The molecule has 422 valence electrons. The minimum Gasteiger partial charge on any atom is -0.480 e. The second-order valence-electron chi connectivity index (χ2n) is 21.0. The lowest BCUT2D eigenvalue weighted by molar-refractivity contribution is -0.148. The first kappa shape index (κ1) is 65.2. The number of benzene rings is 2. The van der Waals surface area contributed by atoms with E-state index in [0.717, 1.165) is 9.80 Å². The normalized spacial score (nSPS) is 14.8. The van der Waals surface area contributed by atoms with Crippen molar-refractivity contribution in [3.63, 3.8) is 0 Å². The fourth-order valence-corrected chi connectivity index (χ4v) is 8.17. The van der Waals surface area contributed by atoms with Gasteiger partial charge in [0.25, 0.3) is 0 Å². The van der Waals surface area contributed by atoms with Gasteiger partial charge in [-0.25, -0.2) is 4.79 Å². The second kappa shape index (κ2) is 31.2. The first-order valence-corrected chi connectivity index (χ1v) is 26.0. The number of nitrogens with zero attached hydrogens (tertiary/aromatic N) is 4. The number of carboxylic acid groups (broad SMARTS) is 1. The van der Waals surface area contributed by atoms with Crippen LogP contribution < -0.4 is 31.9 Å². The Morgan fingerprint density at radius 2 is 0.868 bits per heavy atom. The molecule has 0 aliphatic carbocycles. The van der Waals surface area contributed by atoms with Gasteiger partial charge in [-0.1, -0.05) is 102 Å². The Hall–Kier alpha value is -6.90. The summed E-state index contributed by atoms with van der Waals surface area (Å²) in [5, 5.41) is 26.0. The molecule has 9 atom stereocenters. The number of carbonyl (C=O) groups excluding carboxylic acids is 9. The number of hydrogen-bond donors (Lipinski definition) is 7. The SMILES string of the molecule is CN[C@@H](C)C(=O)N[C@@H](CC(C)C)C(=O)N(C)[C@@H](CC(C)C)C(=O)N[C@@H](C)C(=O)NCC(=O)N(C)[C@@H](Cc1ccccc1)C(=O)N(C)[C@@H](C)C(=O)N[C@@H](CC(C)C)C(=O)N(C)[C@@H](C)C(=O)N[C@@H](Cc1ccccc1)C(=O)O. The lowest BCUT2D eigenvalue weighted by atomic mass is 9.98. The van der Waals surface area contributed by atoms with E-state index in [4.69, 9.17) is 0 Å². The van der Waals surface area contributed by atoms with E-state index < -0.39 is 114 Å². The topological polar surface area (TPSA) is 276 Å². The summed E-state index contributed by atoms with van der Waals surface area (Å²) < 4.78 is 0. The van der Waals surface area contributed by atoms with Gasteiger partial charge in [-0.15, -0.1) is 0 Å². The molecule has 0 aliphatic rings. The average molecular weight is 1060 g/mol. The molecule has 0 aromatic heterocycles. The van der Waals surface area contributed by atoms with Crippen LogP contribution in [-0.4, -0.2) is 180 Å². The summed E-state index contributed by atoms with van der Waals surface area (Å²) in [5.41, 5.74) is 1.38. The van der Waals surface area contributed by atoms with Gasteiger partial charge in [-0.2, -0.15) is 0 Å². The molecule has 0 radical (unpaired) electrons. The summed E-state index contributed by atoms with van der Waals surface area (Å²) in [6.45, 7) is 16.7. The van der Waals surface area contributed by atoms with Crippen LogP contribution in [0.2, 0.25) is 0 Å². The van der Waals surface area contributed by atoms with E-state index >= 15 is 0 Å². The Balaban J connectivity index is 2.25. The maximum Gasteiger partial charge on any atom is 0.326 e. The Morgan fingerprint density at radius 3 is 1.32 bits per heavy atom. The third-order valence-electron chi connectivity index (χ3n) is 13.4.